The van der Waals surface area contributed by atoms with Gasteiger partial charge < -0.3 is 5.11 Å². The number of aliphatic carboxylic acids is 1. The predicted octanol–water partition coefficient (Wildman–Crippen LogP) is 1.73. The molecule has 1 N–H and O–H groups in total. The van der Waals surface area contributed by atoms with E-state index in [1.54, 1.807) is 0 Å². The summed E-state index contributed by atoms with van der Waals surface area (Å²) >= 11 is 4.32. The van der Waals surface area contributed by atoms with E-state index in [1.165, 1.54) is 0 Å². The van der Waals surface area contributed by atoms with Gasteiger partial charge in [0.1, 0.15) is 0 Å². The smallest absolute Gasteiger partial charge is 0.329 e. The van der Waals surface area contributed by atoms with E-state index in [4.69, 9.17) is 5.11 Å². The fraction of sp³-hybridized carbons (Fsp3) is 0.714. The van der Waals surface area contributed by atoms with Crippen molar-refractivity contribution in [3.63, 3.8) is 0 Å². The van der Waals surface area contributed by atoms with E-state index in [-0.39, 0.29) is 0 Å². The monoisotopic (exact) mass is 173 g/mol. The van der Waals surface area contributed by atoms with E-state index < -0.39 is 12.0 Å². The molecule has 0 unspecified atom stereocenters. The Bertz CT molecular complexity index is 173. The minimum atomic E-state index is -0.921. The summed E-state index contributed by atoms with van der Waals surface area (Å²) in [5.74, 6) is -0.921. The Labute approximate surface area is 71.1 Å². The average molecular weight is 173 g/mol. The molecule has 62 valence electrons. The van der Waals surface area contributed by atoms with E-state index in [0.717, 1.165) is 12.8 Å². The van der Waals surface area contributed by atoms with Crippen LogP contribution in [0, 0.1) is 0 Å². The Morgan fingerprint density at radius 1 is 1.82 bits per heavy atom. The van der Waals surface area contributed by atoms with Gasteiger partial charge >= 0.3 is 5.97 Å². The van der Waals surface area contributed by atoms with Crippen molar-refractivity contribution in [2.45, 2.75) is 32.2 Å². The van der Waals surface area contributed by atoms with Crippen LogP contribution < -0.4 is 0 Å². The molecule has 11 heavy (non-hydrogen) atoms. The van der Waals surface area contributed by atoms with Crippen molar-refractivity contribution in [1.29, 1.82) is 0 Å². The number of thiocarbonyl (C=S) groups is 1. The molecule has 0 saturated heterocycles. The SMILES string of the molecule is CCCC[C@H](N=C=S)C(=O)O. The first-order valence-electron chi connectivity index (χ1n) is 3.52. The third kappa shape index (κ3) is 4.65. The van der Waals surface area contributed by atoms with Crippen LogP contribution in [0.2, 0.25) is 0 Å². The summed E-state index contributed by atoms with van der Waals surface area (Å²) in [4.78, 5) is 13.9. The minimum absolute atomic E-state index is 0.551. The van der Waals surface area contributed by atoms with Crippen molar-refractivity contribution in [2.75, 3.05) is 0 Å². The molecule has 0 heterocycles. The second kappa shape index (κ2) is 6.01. The maximum Gasteiger partial charge on any atom is 0.329 e. The molecule has 0 spiro atoms. The molecule has 0 aromatic rings. The van der Waals surface area contributed by atoms with Crippen LogP contribution >= 0.6 is 12.2 Å². The van der Waals surface area contributed by atoms with Crippen LogP contribution in [-0.4, -0.2) is 22.3 Å². The molecule has 0 radical (unpaired) electrons. The molecule has 0 aromatic carbocycles. The molecule has 0 amide bonds. The summed E-state index contributed by atoms with van der Waals surface area (Å²) in [5, 5.41) is 10.6. The van der Waals surface area contributed by atoms with Crippen molar-refractivity contribution in [2.24, 2.45) is 4.99 Å². The van der Waals surface area contributed by atoms with Gasteiger partial charge in [0.25, 0.3) is 0 Å². The molecule has 0 fully saturated rings. The van der Waals surface area contributed by atoms with Crippen LogP contribution in [0.3, 0.4) is 0 Å². The van der Waals surface area contributed by atoms with Crippen LogP contribution in [0.25, 0.3) is 0 Å². The van der Waals surface area contributed by atoms with E-state index >= 15 is 0 Å². The largest absolute Gasteiger partial charge is 0.480 e. The van der Waals surface area contributed by atoms with Gasteiger partial charge in [0.05, 0.1) is 5.16 Å². The quantitative estimate of drug-likeness (QED) is 0.509. The Morgan fingerprint density at radius 3 is 2.82 bits per heavy atom. The molecule has 4 heteroatoms. The van der Waals surface area contributed by atoms with Gasteiger partial charge in [-0.15, -0.1) is 0 Å². The maximum atomic E-state index is 10.4. The zero-order valence-electron chi connectivity index (χ0n) is 6.41. The average Bonchev–Trinajstić information content (AvgIpc) is 1.97. The number of carbonyl (C=O) groups is 1. The number of carboxylic acid groups (broad SMARTS) is 1. The first-order chi connectivity index (χ1) is 5.22. The summed E-state index contributed by atoms with van der Waals surface area (Å²) in [6.07, 6.45) is 2.38. The number of rotatable bonds is 5. The molecule has 0 bridgehead atoms. The van der Waals surface area contributed by atoms with E-state index in [9.17, 15) is 4.79 Å². The lowest BCUT2D eigenvalue weighted by molar-refractivity contribution is -0.138. The van der Waals surface area contributed by atoms with Gasteiger partial charge in [-0.3, -0.25) is 0 Å². The van der Waals surface area contributed by atoms with Gasteiger partial charge in [-0.1, -0.05) is 19.8 Å². The zero-order chi connectivity index (χ0) is 8.69. The summed E-state index contributed by atoms with van der Waals surface area (Å²) in [5.41, 5.74) is 0. The van der Waals surface area contributed by atoms with Gasteiger partial charge in [-0.25, -0.2) is 9.79 Å². The number of hydrogen-bond acceptors (Lipinski definition) is 3. The molecule has 0 aliphatic heterocycles. The highest BCUT2D eigenvalue weighted by atomic mass is 32.1. The number of isothiocyanates is 1. The lowest BCUT2D eigenvalue weighted by atomic mass is 10.1. The molecule has 3 nitrogen and oxygen atoms in total. The van der Waals surface area contributed by atoms with Gasteiger partial charge in [-0.05, 0) is 18.6 Å². The fourth-order valence-electron chi connectivity index (χ4n) is 0.704. The predicted molar refractivity (Wildman–Crippen MR) is 46.0 cm³/mol. The summed E-state index contributed by atoms with van der Waals surface area (Å²) in [7, 11) is 0. The lowest BCUT2D eigenvalue weighted by Gasteiger charge is -2.02. The molecule has 0 rings (SSSR count). The normalized spacial score (nSPS) is 11.7. The minimum Gasteiger partial charge on any atom is -0.480 e. The molecular formula is C7H11NO2S. The number of hydrogen-bond donors (Lipinski definition) is 1. The van der Waals surface area contributed by atoms with Crippen LogP contribution in [-0.2, 0) is 4.79 Å². The molecule has 0 aliphatic carbocycles. The Balaban J connectivity index is 3.89. The first kappa shape index (κ1) is 10.3. The second-order valence-corrected chi connectivity index (χ2v) is 2.40. The highest BCUT2D eigenvalue weighted by Crippen LogP contribution is 2.03. The highest BCUT2D eigenvalue weighted by molar-refractivity contribution is 7.78. The number of carboxylic acids is 1. The molecule has 1 atom stereocenters. The van der Waals surface area contributed by atoms with Crippen molar-refractivity contribution in [3.05, 3.63) is 0 Å². The Morgan fingerprint density at radius 2 is 2.45 bits per heavy atom. The maximum absolute atomic E-state index is 10.4. The summed E-state index contributed by atoms with van der Waals surface area (Å²) in [6.45, 7) is 2.00. The third-order valence-electron chi connectivity index (χ3n) is 1.32. The third-order valence-corrected chi connectivity index (χ3v) is 1.43. The number of aliphatic imine (C=N–C) groups is 1. The number of nitrogens with zero attached hydrogens (tertiary/aromatic N) is 1. The summed E-state index contributed by atoms with van der Waals surface area (Å²) < 4.78 is 0. The van der Waals surface area contributed by atoms with E-state index in [2.05, 4.69) is 22.4 Å². The van der Waals surface area contributed by atoms with E-state index in [1.807, 2.05) is 6.92 Å². The number of unbranched alkanes of at least 4 members (excludes halogenated alkanes) is 1. The zero-order valence-corrected chi connectivity index (χ0v) is 7.23. The van der Waals surface area contributed by atoms with Crippen molar-refractivity contribution < 1.29 is 9.90 Å². The molecule has 0 aromatic heterocycles. The topological polar surface area (TPSA) is 49.7 Å². The fourth-order valence-corrected chi connectivity index (χ4v) is 0.832. The highest BCUT2D eigenvalue weighted by Gasteiger charge is 2.13. The van der Waals surface area contributed by atoms with Gasteiger partial charge in [-0.2, -0.15) is 0 Å². The van der Waals surface area contributed by atoms with Gasteiger partial charge in [0.2, 0.25) is 0 Å². The standard InChI is InChI=1S/C7H11NO2S/c1-2-3-4-6(7(9)10)8-5-11/h6H,2-4H2,1H3,(H,9,10)/t6-/m0/s1. The van der Waals surface area contributed by atoms with Crippen LogP contribution in [0.15, 0.2) is 4.99 Å². The van der Waals surface area contributed by atoms with Crippen LogP contribution in [0.5, 0.6) is 0 Å². The molecule has 0 saturated carbocycles. The second-order valence-electron chi connectivity index (χ2n) is 2.22. The van der Waals surface area contributed by atoms with Crippen molar-refractivity contribution >= 4 is 23.3 Å². The lowest BCUT2D eigenvalue weighted by Crippen LogP contribution is -2.17. The van der Waals surface area contributed by atoms with Gasteiger partial charge in [0, 0.05) is 0 Å². The van der Waals surface area contributed by atoms with Crippen LogP contribution in [0.1, 0.15) is 26.2 Å². The van der Waals surface area contributed by atoms with Crippen molar-refractivity contribution in [1.82, 2.24) is 0 Å². The summed E-state index contributed by atoms with van der Waals surface area (Å²) in [6, 6.07) is -0.688. The Hall–Kier alpha value is -0.730. The van der Waals surface area contributed by atoms with E-state index in [0.29, 0.717) is 6.42 Å². The Kier molecular flexibility index (Phi) is 5.61. The molecular weight excluding hydrogens is 162 g/mol. The van der Waals surface area contributed by atoms with Crippen molar-refractivity contribution in [3.8, 4) is 0 Å². The van der Waals surface area contributed by atoms with Crippen LogP contribution in [0.4, 0.5) is 0 Å². The first-order valence-corrected chi connectivity index (χ1v) is 3.93. The van der Waals surface area contributed by atoms with Gasteiger partial charge in [0.15, 0.2) is 6.04 Å². The molecule has 0 aliphatic rings.